The first kappa shape index (κ1) is 23.0. The Balaban J connectivity index is 0.00000253. The van der Waals surface area contributed by atoms with Crippen LogP contribution in [0, 0.1) is 26.0 Å². The molecule has 172 valence electrons. The van der Waals surface area contributed by atoms with Gasteiger partial charge < -0.3 is 9.30 Å². The molecule has 0 amide bonds. The number of hydrogen-bond donors (Lipinski definition) is 0. The van der Waals surface area contributed by atoms with Crippen LogP contribution in [0.15, 0.2) is 91.1 Å². The van der Waals surface area contributed by atoms with E-state index in [9.17, 15) is 0 Å². The zero-order valence-corrected chi connectivity index (χ0v) is 21.5. The van der Waals surface area contributed by atoms with E-state index in [2.05, 4.69) is 63.1 Å². The third kappa shape index (κ3) is 4.38. The van der Waals surface area contributed by atoms with Crippen molar-refractivity contribution in [3.8, 4) is 28.6 Å². The van der Waals surface area contributed by atoms with Gasteiger partial charge in [-0.3, -0.25) is 0 Å². The molecular weight excluding hydrogens is 613 g/mol. The number of aromatic nitrogens is 3. The molecule has 0 bridgehead atoms. The average molecular weight is 635 g/mol. The van der Waals surface area contributed by atoms with Crippen molar-refractivity contribution >= 4 is 21.8 Å². The monoisotopic (exact) mass is 634 g/mol. The number of rotatable bonds is 4. The molecule has 0 aliphatic heterocycles. The molecule has 0 aliphatic carbocycles. The summed E-state index contributed by atoms with van der Waals surface area (Å²) in [4.78, 5) is 9.09. The van der Waals surface area contributed by atoms with Gasteiger partial charge in [0.2, 0.25) is 5.88 Å². The van der Waals surface area contributed by atoms with Gasteiger partial charge in [-0.25, -0.2) is 21.1 Å². The predicted molar refractivity (Wildman–Crippen MR) is 135 cm³/mol. The topological polar surface area (TPSA) is 39.9 Å². The Kier molecular flexibility index (Phi) is 6.23. The SMILES string of the molecule is Cc1cc(C)nc(Oc2[c-]c(-c3[c-]c4c(cc3)c3ccccc3n4-c3ccccn3)ccc2)c1.[Pt+2]. The van der Waals surface area contributed by atoms with Crippen molar-refractivity contribution in [2.45, 2.75) is 13.8 Å². The van der Waals surface area contributed by atoms with Crippen molar-refractivity contribution in [1.82, 2.24) is 14.5 Å². The van der Waals surface area contributed by atoms with Crippen molar-refractivity contribution in [2.75, 3.05) is 0 Å². The van der Waals surface area contributed by atoms with Crippen LogP contribution in [-0.4, -0.2) is 14.5 Å². The number of nitrogens with zero attached hydrogens (tertiary/aromatic N) is 3. The average Bonchev–Trinajstić information content (AvgIpc) is 3.18. The summed E-state index contributed by atoms with van der Waals surface area (Å²) >= 11 is 0. The molecule has 3 aromatic carbocycles. The van der Waals surface area contributed by atoms with Crippen LogP contribution in [0.1, 0.15) is 11.3 Å². The Hall–Kier alpha value is -3.75. The van der Waals surface area contributed by atoms with E-state index in [0.717, 1.165) is 44.6 Å². The maximum atomic E-state index is 6.03. The Morgan fingerprint density at radius 3 is 2.43 bits per heavy atom. The molecule has 6 aromatic rings. The second-order valence-electron chi connectivity index (χ2n) is 8.33. The van der Waals surface area contributed by atoms with E-state index in [4.69, 9.17) is 4.74 Å². The molecule has 4 nitrogen and oxygen atoms in total. The maximum absolute atomic E-state index is 6.03. The van der Waals surface area contributed by atoms with Crippen molar-refractivity contribution in [2.24, 2.45) is 0 Å². The number of aryl methyl sites for hydroxylation is 2. The molecule has 3 aromatic heterocycles. The van der Waals surface area contributed by atoms with Crippen LogP contribution in [0.5, 0.6) is 11.6 Å². The molecule has 6 rings (SSSR count). The van der Waals surface area contributed by atoms with E-state index in [-0.39, 0.29) is 21.1 Å². The molecule has 0 fully saturated rings. The third-order valence-corrected chi connectivity index (χ3v) is 5.81. The fraction of sp³-hybridized carbons (Fsp3) is 0.0667. The van der Waals surface area contributed by atoms with Crippen molar-refractivity contribution < 1.29 is 25.8 Å². The van der Waals surface area contributed by atoms with Crippen LogP contribution in [-0.2, 0) is 21.1 Å². The number of ether oxygens (including phenoxy) is 1. The van der Waals surface area contributed by atoms with Crippen LogP contribution in [0.25, 0.3) is 38.8 Å². The maximum Gasteiger partial charge on any atom is 2.00 e. The van der Waals surface area contributed by atoms with Crippen LogP contribution in [0.4, 0.5) is 0 Å². The molecule has 5 heteroatoms. The van der Waals surface area contributed by atoms with E-state index in [1.54, 1.807) is 0 Å². The molecule has 35 heavy (non-hydrogen) atoms. The summed E-state index contributed by atoms with van der Waals surface area (Å²) in [5, 5.41) is 2.31. The minimum atomic E-state index is 0. The quantitative estimate of drug-likeness (QED) is 0.192. The van der Waals surface area contributed by atoms with Gasteiger partial charge in [0.05, 0.1) is 0 Å². The van der Waals surface area contributed by atoms with Gasteiger partial charge in [0, 0.05) is 29.2 Å². The summed E-state index contributed by atoms with van der Waals surface area (Å²) in [6.45, 7) is 4.00. The Morgan fingerprint density at radius 2 is 1.60 bits per heavy atom. The summed E-state index contributed by atoms with van der Waals surface area (Å²) in [6, 6.07) is 35.4. The van der Waals surface area contributed by atoms with E-state index in [1.807, 2.05) is 68.6 Å². The van der Waals surface area contributed by atoms with E-state index in [0.29, 0.717) is 11.6 Å². The number of benzene rings is 3. The summed E-state index contributed by atoms with van der Waals surface area (Å²) in [5.41, 5.74) is 5.96. The van der Waals surface area contributed by atoms with Gasteiger partial charge in [-0.1, -0.05) is 29.7 Å². The van der Waals surface area contributed by atoms with Gasteiger partial charge in [0.15, 0.2) is 0 Å². The van der Waals surface area contributed by atoms with Crippen molar-refractivity contribution in [1.29, 1.82) is 0 Å². The fourth-order valence-electron chi connectivity index (χ4n) is 4.41. The molecule has 0 aliphatic rings. The smallest absolute Gasteiger partial charge is 0.460 e. The molecule has 0 spiro atoms. The minimum Gasteiger partial charge on any atom is -0.460 e. The van der Waals surface area contributed by atoms with Gasteiger partial charge in [-0.05, 0) is 54.6 Å². The summed E-state index contributed by atoms with van der Waals surface area (Å²) in [5.74, 6) is 2.05. The first-order chi connectivity index (χ1) is 16.7. The van der Waals surface area contributed by atoms with E-state index < -0.39 is 0 Å². The van der Waals surface area contributed by atoms with Crippen molar-refractivity contribution in [3.05, 3.63) is 115 Å². The fourth-order valence-corrected chi connectivity index (χ4v) is 4.41. The van der Waals surface area contributed by atoms with E-state index in [1.165, 1.54) is 5.39 Å². The number of hydrogen-bond acceptors (Lipinski definition) is 3. The second-order valence-corrected chi connectivity index (χ2v) is 8.33. The molecule has 0 N–H and O–H groups in total. The number of fused-ring (bicyclic) bond motifs is 3. The van der Waals surface area contributed by atoms with Crippen LogP contribution >= 0.6 is 0 Å². The summed E-state index contributed by atoms with van der Waals surface area (Å²) in [7, 11) is 0. The molecule has 0 radical (unpaired) electrons. The first-order valence-electron chi connectivity index (χ1n) is 11.2. The third-order valence-electron chi connectivity index (χ3n) is 5.81. The zero-order chi connectivity index (χ0) is 23.1. The molecule has 0 saturated carbocycles. The minimum absolute atomic E-state index is 0. The number of para-hydroxylation sites is 1. The standard InChI is InChI=1S/C30H21N3O.Pt/c1-20-16-21(2)32-30(17-20)34-24-9-7-8-22(18-24)23-13-14-26-25-10-3-4-11-27(25)33(28(26)19-23)29-12-5-6-15-31-29;/h3-17H,1-2H3;/q-2;+2. The van der Waals surface area contributed by atoms with Gasteiger partial charge in [0.25, 0.3) is 0 Å². The van der Waals surface area contributed by atoms with Gasteiger partial charge in [-0.15, -0.1) is 18.2 Å². The second kappa shape index (κ2) is 9.48. The molecular formula is C30H21N3OPt. The van der Waals surface area contributed by atoms with E-state index >= 15 is 0 Å². The first-order valence-corrected chi connectivity index (χ1v) is 11.2. The largest absolute Gasteiger partial charge is 2.00 e. The van der Waals surface area contributed by atoms with Gasteiger partial charge in [0.1, 0.15) is 5.82 Å². The Morgan fingerprint density at radius 1 is 0.771 bits per heavy atom. The van der Waals surface area contributed by atoms with Crippen LogP contribution < -0.4 is 4.74 Å². The summed E-state index contributed by atoms with van der Waals surface area (Å²) < 4.78 is 8.20. The van der Waals surface area contributed by atoms with Crippen LogP contribution in [0.2, 0.25) is 0 Å². The van der Waals surface area contributed by atoms with Crippen molar-refractivity contribution in [3.63, 3.8) is 0 Å². The Labute approximate surface area is 218 Å². The molecule has 3 heterocycles. The predicted octanol–water partition coefficient (Wildman–Crippen LogP) is 7.25. The summed E-state index contributed by atoms with van der Waals surface area (Å²) in [6.07, 6.45) is 1.81. The molecule has 0 saturated heterocycles. The zero-order valence-electron chi connectivity index (χ0n) is 19.2. The normalized spacial score (nSPS) is 10.9. The Bertz CT molecular complexity index is 1640. The molecule has 0 atom stereocenters. The van der Waals surface area contributed by atoms with Gasteiger partial charge >= 0.3 is 21.1 Å². The van der Waals surface area contributed by atoms with Crippen LogP contribution in [0.3, 0.4) is 0 Å². The number of pyridine rings is 2. The molecule has 0 unspecified atom stereocenters. The van der Waals surface area contributed by atoms with Gasteiger partial charge in [-0.2, -0.15) is 24.3 Å².